The van der Waals surface area contributed by atoms with Gasteiger partial charge in [0.2, 0.25) is 0 Å². The van der Waals surface area contributed by atoms with Gasteiger partial charge in [0, 0.05) is 6.04 Å². The molecule has 1 aliphatic rings. The highest BCUT2D eigenvalue weighted by Gasteiger charge is 2.36. The molecule has 3 nitrogen and oxygen atoms in total. The summed E-state index contributed by atoms with van der Waals surface area (Å²) < 4.78 is 5.10. The molecule has 74 valence electrons. The third-order valence-corrected chi connectivity index (χ3v) is 1.84. The Morgan fingerprint density at radius 2 is 2.23 bits per heavy atom. The number of alkyl carbamates (subject to hydrolysis) is 1. The molecule has 0 aromatic heterocycles. The molecule has 1 saturated carbocycles. The van der Waals surface area contributed by atoms with Crippen LogP contribution in [-0.2, 0) is 4.74 Å². The molecule has 1 N–H and O–H groups in total. The molecule has 0 aliphatic heterocycles. The topological polar surface area (TPSA) is 38.3 Å². The lowest BCUT2D eigenvalue weighted by Gasteiger charge is -2.19. The van der Waals surface area contributed by atoms with Gasteiger partial charge in [-0.05, 0) is 33.1 Å². The lowest BCUT2D eigenvalue weighted by Crippen LogP contribution is -2.34. The third kappa shape index (κ3) is 3.49. The second-order valence-corrected chi connectivity index (χ2v) is 4.39. The van der Waals surface area contributed by atoms with Gasteiger partial charge in [-0.2, -0.15) is 0 Å². The van der Waals surface area contributed by atoms with Gasteiger partial charge >= 0.3 is 6.09 Å². The molecular weight excluding hydrogens is 166 g/mol. The highest BCUT2D eigenvalue weighted by molar-refractivity contribution is 5.68. The third-order valence-electron chi connectivity index (χ3n) is 1.84. The predicted molar refractivity (Wildman–Crippen MR) is 51.5 cm³/mol. The summed E-state index contributed by atoms with van der Waals surface area (Å²) in [5.41, 5.74) is -0.414. The van der Waals surface area contributed by atoms with Crippen LogP contribution in [0.2, 0.25) is 0 Å². The normalized spacial score (nSPS) is 26.4. The molecule has 0 radical (unpaired) electrons. The molecule has 1 amide bonds. The van der Waals surface area contributed by atoms with Gasteiger partial charge in [0.25, 0.3) is 0 Å². The summed E-state index contributed by atoms with van der Waals surface area (Å²) in [5, 5.41) is 2.78. The number of carbonyl (C=O) groups is 1. The number of amides is 1. The van der Waals surface area contributed by atoms with Crippen molar-refractivity contribution in [3.63, 3.8) is 0 Å². The Bertz CT molecular complexity index is 217. The lowest BCUT2D eigenvalue weighted by molar-refractivity contribution is 0.0522. The monoisotopic (exact) mass is 183 g/mol. The summed E-state index contributed by atoms with van der Waals surface area (Å²) in [6, 6.07) is 0.243. The van der Waals surface area contributed by atoms with Crippen molar-refractivity contribution in [2.75, 3.05) is 0 Å². The van der Waals surface area contributed by atoms with Gasteiger partial charge in [-0.25, -0.2) is 4.79 Å². The fourth-order valence-corrected chi connectivity index (χ4v) is 1.10. The van der Waals surface area contributed by atoms with Gasteiger partial charge in [-0.15, -0.1) is 6.58 Å². The quantitative estimate of drug-likeness (QED) is 0.666. The van der Waals surface area contributed by atoms with Crippen molar-refractivity contribution in [1.82, 2.24) is 5.32 Å². The van der Waals surface area contributed by atoms with Crippen LogP contribution in [0.25, 0.3) is 0 Å². The fraction of sp³-hybridized carbons (Fsp3) is 0.700. The molecule has 0 unspecified atom stereocenters. The van der Waals surface area contributed by atoms with E-state index in [4.69, 9.17) is 4.74 Å². The second kappa shape index (κ2) is 3.40. The predicted octanol–water partition coefficient (Wildman–Crippen LogP) is 2.09. The Hall–Kier alpha value is -0.990. The van der Waals surface area contributed by atoms with Crippen molar-refractivity contribution in [3.8, 4) is 0 Å². The number of ether oxygens (including phenoxy) is 1. The summed E-state index contributed by atoms with van der Waals surface area (Å²) in [4.78, 5) is 11.2. The molecule has 1 aliphatic carbocycles. The van der Waals surface area contributed by atoms with Crippen molar-refractivity contribution in [2.45, 2.75) is 38.8 Å². The average Bonchev–Trinajstić information content (AvgIpc) is 2.62. The second-order valence-electron chi connectivity index (χ2n) is 4.39. The Balaban J connectivity index is 2.23. The van der Waals surface area contributed by atoms with Crippen molar-refractivity contribution >= 4 is 6.09 Å². The van der Waals surface area contributed by atoms with Crippen LogP contribution in [0.1, 0.15) is 27.2 Å². The van der Waals surface area contributed by atoms with Gasteiger partial charge in [-0.3, -0.25) is 0 Å². The fourth-order valence-electron chi connectivity index (χ4n) is 1.10. The van der Waals surface area contributed by atoms with E-state index >= 15 is 0 Å². The summed E-state index contributed by atoms with van der Waals surface area (Å²) in [7, 11) is 0. The van der Waals surface area contributed by atoms with Gasteiger partial charge in [0.15, 0.2) is 0 Å². The van der Waals surface area contributed by atoms with Crippen LogP contribution in [-0.4, -0.2) is 17.7 Å². The van der Waals surface area contributed by atoms with Gasteiger partial charge in [-0.1, -0.05) is 6.08 Å². The number of carbonyl (C=O) groups excluding carboxylic acids is 1. The summed E-state index contributed by atoms with van der Waals surface area (Å²) in [5.74, 6) is 0.438. The molecule has 1 rings (SSSR count). The van der Waals surface area contributed by atoms with Crippen LogP contribution >= 0.6 is 0 Å². The Labute approximate surface area is 79.2 Å². The molecule has 0 heterocycles. The van der Waals surface area contributed by atoms with E-state index in [0.717, 1.165) is 6.42 Å². The molecule has 0 aromatic carbocycles. The van der Waals surface area contributed by atoms with Gasteiger partial charge < -0.3 is 10.1 Å². The first-order valence-corrected chi connectivity index (χ1v) is 4.54. The van der Waals surface area contributed by atoms with E-state index in [-0.39, 0.29) is 12.1 Å². The standard InChI is InChI=1S/C10H17NO2/c1-5-7-6-8(7)11-9(12)13-10(2,3)4/h5,7-8H,1,6H2,2-4H3,(H,11,12)/t7-,8+/m0/s1. The van der Waals surface area contributed by atoms with E-state index in [1.165, 1.54) is 0 Å². The van der Waals surface area contributed by atoms with Gasteiger partial charge in [0.05, 0.1) is 0 Å². The van der Waals surface area contributed by atoms with Gasteiger partial charge in [0.1, 0.15) is 5.60 Å². The molecule has 3 heteroatoms. The molecule has 13 heavy (non-hydrogen) atoms. The Morgan fingerprint density at radius 3 is 2.62 bits per heavy atom. The summed E-state index contributed by atoms with van der Waals surface area (Å²) in [6.45, 7) is 9.22. The zero-order chi connectivity index (χ0) is 10.1. The number of rotatable bonds is 2. The minimum atomic E-state index is -0.414. The van der Waals surface area contributed by atoms with E-state index in [9.17, 15) is 4.79 Å². The number of nitrogens with one attached hydrogen (secondary N) is 1. The van der Waals surface area contributed by atoms with Crippen LogP contribution in [0, 0.1) is 5.92 Å². The number of hydrogen-bond donors (Lipinski definition) is 1. The minimum absolute atomic E-state index is 0.243. The van der Waals surface area contributed by atoms with Crippen molar-refractivity contribution in [2.24, 2.45) is 5.92 Å². The molecule has 0 bridgehead atoms. The zero-order valence-electron chi connectivity index (χ0n) is 8.46. The van der Waals surface area contributed by atoms with Crippen LogP contribution < -0.4 is 5.32 Å². The van der Waals surface area contributed by atoms with Crippen LogP contribution in [0.3, 0.4) is 0 Å². The maximum atomic E-state index is 11.2. The van der Waals surface area contributed by atoms with Crippen LogP contribution in [0.5, 0.6) is 0 Å². The first-order valence-electron chi connectivity index (χ1n) is 4.54. The Morgan fingerprint density at radius 1 is 1.62 bits per heavy atom. The van der Waals surface area contributed by atoms with Crippen molar-refractivity contribution in [3.05, 3.63) is 12.7 Å². The van der Waals surface area contributed by atoms with Crippen LogP contribution in [0.4, 0.5) is 4.79 Å². The lowest BCUT2D eigenvalue weighted by atomic mass is 10.2. The van der Waals surface area contributed by atoms with E-state index in [1.807, 2.05) is 26.8 Å². The highest BCUT2D eigenvalue weighted by Crippen LogP contribution is 2.31. The van der Waals surface area contributed by atoms with Crippen molar-refractivity contribution in [1.29, 1.82) is 0 Å². The SMILES string of the molecule is C=C[C@H]1C[C@H]1NC(=O)OC(C)(C)C. The molecule has 1 fully saturated rings. The summed E-state index contributed by atoms with van der Waals surface area (Å²) >= 11 is 0. The average molecular weight is 183 g/mol. The smallest absolute Gasteiger partial charge is 0.407 e. The van der Waals surface area contributed by atoms with Crippen molar-refractivity contribution < 1.29 is 9.53 Å². The molecule has 0 spiro atoms. The summed E-state index contributed by atoms with van der Waals surface area (Å²) in [6.07, 6.45) is 2.52. The zero-order valence-corrected chi connectivity index (χ0v) is 8.46. The highest BCUT2D eigenvalue weighted by atomic mass is 16.6. The molecular formula is C10H17NO2. The first kappa shape index (κ1) is 10.1. The largest absolute Gasteiger partial charge is 0.444 e. The molecule has 0 aromatic rings. The minimum Gasteiger partial charge on any atom is -0.444 e. The molecule has 2 atom stereocenters. The number of hydrogen-bond acceptors (Lipinski definition) is 2. The Kier molecular flexibility index (Phi) is 2.64. The van der Waals surface area contributed by atoms with Crippen LogP contribution in [0.15, 0.2) is 12.7 Å². The molecule has 0 saturated heterocycles. The maximum Gasteiger partial charge on any atom is 0.407 e. The van der Waals surface area contributed by atoms with E-state index in [2.05, 4.69) is 11.9 Å². The van der Waals surface area contributed by atoms with E-state index in [0.29, 0.717) is 5.92 Å². The maximum absolute atomic E-state index is 11.2. The van der Waals surface area contributed by atoms with E-state index < -0.39 is 5.60 Å². The van der Waals surface area contributed by atoms with E-state index in [1.54, 1.807) is 0 Å². The first-order chi connectivity index (χ1) is 5.92.